The molecule has 1 unspecified atom stereocenters. The number of alkyl halides is 2. The number of fused-ring (bicyclic) bond motifs is 1. The molecule has 126 valence electrons. The number of thioether (sulfide) groups is 1. The molecular weight excluding hydrogens is 324 g/mol. The normalized spacial score (nSPS) is 12.7. The van der Waals surface area contributed by atoms with E-state index in [-0.39, 0.29) is 11.1 Å². The van der Waals surface area contributed by atoms with Crippen molar-refractivity contribution in [3.05, 3.63) is 24.3 Å². The second kappa shape index (κ2) is 8.26. The van der Waals surface area contributed by atoms with E-state index in [9.17, 15) is 13.6 Å². The first-order chi connectivity index (χ1) is 11.0. The Kier molecular flexibility index (Phi) is 6.35. The topological polar surface area (TPSA) is 56.1 Å². The Labute approximate surface area is 137 Å². The number of imidazole rings is 1. The van der Waals surface area contributed by atoms with Crippen LogP contribution in [-0.2, 0) is 9.53 Å². The summed E-state index contributed by atoms with van der Waals surface area (Å²) in [4.78, 5) is 16.2. The Balaban J connectivity index is 2.08. The first-order valence-electron chi connectivity index (χ1n) is 7.23. The molecule has 1 aromatic carbocycles. The average molecular weight is 343 g/mol. The number of carbonyl (C=O) groups is 1. The van der Waals surface area contributed by atoms with Gasteiger partial charge < -0.3 is 10.1 Å². The van der Waals surface area contributed by atoms with Gasteiger partial charge in [0, 0.05) is 20.3 Å². The van der Waals surface area contributed by atoms with E-state index in [0.29, 0.717) is 30.6 Å². The summed E-state index contributed by atoms with van der Waals surface area (Å²) in [7, 11) is 1.59. The first kappa shape index (κ1) is 17.7. The minimum atomic E-state index is -2.71. The zero-order valence-electron chi connectivity index (χ0n) is 13.0. The summed E-state index contributed by atoms with van der Waals surface area (Å²) in [5.41, 5.74) is 0.848. The Morgan fingerprint density at radius 3 is 2.87 bits per heavy atom. The predicted molar refractivity (Wildman–Crippen MR) is 85.8 cm³/mol. The number of benzene rings is 1. The van der Waals surface area contributed by atoms with Crippen molar-refractivity contribution in [2.24, 2.45) is 0 Å². The summed E-state index contributed by atoms with van der Waals surface area (Å²) in [5.74, 6) is -0.209. The number of methoxy groups -OCH3 is 1. The van der Waals surface area contributed by atoms with Gasteiger partial charge in [0.05, 0.1) is 16.3 Å². The highest BCUT2D eigenvalue weighted by atomic mass is 32.2. The minimum absolute atomic E-state index is 0.140. The monoisotopic (exact) mass is 343 g/mol. The zero-order valence-corrected chi connectivity index (χ0v) is 13.8. The minimum Gasteiger partial charge on any atom is -0.385 e. The van der Waals surface area contributed by atoms with Crippen LogP contribution in [0.5, 0.6) is 0 Å². The van der Waals surface area contributed by atoms with Crippen molar-refractivity contribution in [1.82, 2.24) is 14.9 Å². The number of aromatic nitrogens is 2. The smallest absolute Gasteiger partial charge is 0.321 e. The largest absolute Gasteiger partial charge is 0.385 e. The fraction of sp³-hybridized carbons (Fsp3) is 0.467. The Hall–Kier alpha value is -1.67. The Morgan fingerprint density at radius 1 is 1.43 bits per heavy atom. The molecule has 8 heteroatoms. The molecule has 0 spiro atoms. The molecule has 0 saturated carbocycles. The summed E-state index contributed by atoms with van der Waals surface area (Å²) in [6.45, 7) is 0.0129. The van der Waals surface area contributed by atoms with Crippen LogP contribution >= 0.6 is 11.8 Å². The van der Waals surface area contributed by atoms with Crippen molar-refractivity contribution in [2.75, 3.05) is 20.3 Å². The highest BCUT2D eigenvalue weighted by Crippen LogP contribution is 2.31. The van der Waals surface area contributed by atoms with E-state index >= 15 is 0 Å². The number of rotatable bonds is 8. The molecule has 1 amide bonds. The van der Waals surface area contributed by atoms with Crippen LogP contribution in [0.25, 0.3) is 11.0 Å². The number of hydrogen-bond acceptors (Lipinski definition) is 4. The molecule has 0 fully saturated rings. The van der Waals surface area contributed by atoms with E-state index in [0.717, 1.165) is 16.3 Å². The molecule has 0 radical (unpaired) electrons. The zero-order chi connectivity index (χ0) is 16.8. The maximum atomic E-state index is 13.3. The SMILES string of the molecule is COCCCNC(=O)C(C)Sc1nc2ccccc2n1C(F)F. The van der Waals surface area contributed by atoms with Crippen LogP contribution in [0.4, 0.5) is 8.78 Å². The number of amides is 1. The molecule has 5 nitrogen and oxygen atoms in total. The number of ether oxygens (including phenoxy) is 1. The standard InChI is InChI=1S/C15H19F2N3O2S/c1-10(13(21)18-8-5-9-22-2)23-15-19-11-6-3-4-7-12(11)20(15)14(16)17/h3-4,6-7,10,14H,5,8-9H2,1-2H3,(H,18,21). The molecule has 2 rings (SSSR count). The van der Waals surface area contributed by atoms with Crippen molar-refractivity contribution in [1.29, 1.82) is 0 Å². The second-order valence-electron chi connectivity index (χ2n) is 4.93. The van der Waals surface area contributed by atoms with Crippen molar-refractivity contribution in [3.8, 4) is 0 Å². The van der Waals surface area contributed by atoms with E-state index < -0.39 is 11.8 Å². The Morgan fingerprint density at radius 2 is 2.17 bits per heavy atom. The van der Waals surface area contributed by atoms with E-state index in [1.54, 1.807) is 38.3 Å². The van der Waals surface area contributed by atoms with Crippen LogP contribution in [-0.4, -0.2) is 41.0 Å². The van der Waals surface area contributed by atoms with Gasteiger partial charge >= 0.3 is 6.55 Å². The van der Waals surface area contributed by atoms with Gasteiger partial charge in [-0.2, -0.15) is 8.78 Å². The maximum absolute atomic E-state index is 13.3. The van der Waals surface area contributed by atoms with Crippen LogP contribution in [0.15, 0.2) is 29.4 Å². The summed E-state index contributed by atoms with van der Waals surface area (Å²) in [5, 5.41) is 2.37. The predicted octanol–water partition coefficient (Wildman–Crippen LogP) is 3.06. The van der Waals surface area contributed by atoms with Gasteiger partial charge in [0.25, 0.3) is 0 Å². The third kappa shape index (κ3) is 4.42. The van der Waals surface area contributed by atoms with Gasteiger partial charge in [0.1, 0.15) is 0 Å². The molecule has 0 aliphatic rings. The second-order valence-corrected chi connectivity index (χ2v) is 6.24. The van der Waals surface area contributed by atoms with Crippen LogP contribution in [0.2, 0.25) is 0 Å². The van der Waals surface area contributed by atoms with Crippen molar-refractivity contribution < 1.29 is 18.3 Å². The molecule has 2 aromatic rings. The number of nitrogens with zero attached hydrogens (tertiary/aromatic N) is 2. The van der Waals surface area contributed by atoms with E-state index in [1.165, 1.54) is 0 Å². The lowest BCUT2D eigenvalue weighted by molar-refractivity contribution is -0.120. The molecule has 0 saturated heterocycles. The van der Waals surface area contributed by atoms with Gasteiger partial charge in [-0.15, -0.1) is 0 Å². The number of halogens is 2. The summed E-state index contributed by atoms with van der Waals surface area (Å²) < 4.78 is 32.4. The molecular formula is C15H19F2N3O2S. The summed E-state index contributed by atoms with van der Waals surface area (Å²) in [6, 6.07) is 6.69. The number of carbonyl (C=O) groups excluding carboxylic acids is 1. The molecule has 0 aliphatic heterocycles. The van der Waals surface area contributed by atoms with Gasteiger partial charge in [0.15, 0.2) is 5.16 Å². The molecule has 23 heavy (non-hydrogen) atoms. The molecule has 0 aliphatic carbocycles. The van der Waals surface area contributed by atoms with Crippen molar-refractivity contribution in [3.63, 3.8) is 0 Å². The van der Waals surface area contributed by atoms with E-state index in [4.69, 9.17) is 4.74 Å². The molecule has 1 atom stereocenters. The molecule has 1 N–H and O–H groups in total. The van der Waals surface area contributed by atoms with Crippen LogP contribution in [0.3, 0.4) is 0 Å². The number of nitrogens with one attached hydrogen (secondary N) is 1. The van der Waals surface area contributed by atoms with Crippen molar-refractivity contribution >= 4 is 28.7 Å². The quantitative estimate of drug-likeness (QED) is 0.591. The number of para-hydroxylation sites is 2. The lowest BCUT2D eigenvalue weighted by Gasteiger charge is -2.13. The van der Waals surface area contributed by atoms with E-state index in [2.05, 4.69) is 10.3 Å². The third-order valence-corrected chi connectivity index (χ3v) is 4.30. The lowest BCUT2D eigenvalue weighted by Crippen LogP contribution is -2.32. The fourth-order valence-corrected chi connectivity index (χ4v) is 3.03. The number of hydrogen-bond donors (Lipinski definition) is 1. The average Bonchev–Trinajstić information content (AvgIpc) is 2.89. The van der Waals surface area contributed by atoms with Gasteiger partial charge in [0.2, 0.25) is 5.91 Å². The molecule has 1 aromatic heterocycles. The van der Waals surface area contributed by atoms with Gasteiger partial charge in [-0.1, -0.05) is 23.9 Å². The van der Waals surface area contributed by atoms with Crippen LogP contribution < -0.4 is 5.32 Å². The Bertz CT molecular complexity index is 663. The van der Waals surface area contributed by atoms with Gasteiger partial charge in [-0.05, 0) is 25.5 Å². The van der Waals surface area contributed by atoms with Crippen LogP contribution in [0, 0.1) is 0 Å². The lowest BCUT2D eigenvalue weighted by atomic mass is 10.3. The molecule has 0 bridgehead atoms. The summed E-state index contributed by atoms with van der Waals surface area (Å²) >= 11 is 1.02. The van der Waals surface area contributed by atoms with Gasteiger partial charge in [-0.25, -0.2) is 4.98 Å². The van der Waals surface area contributed by atoms with E-state index in [1.807, 2.05) is 0 Å². The maximum Gasteiger partial charge on any atom is 0.321 e. The highest BCUT2D eigenvalue weighted by molar-refractivity contribution is 8.00. The highest BCUT2D eigenvalue weighted by Gasteiger charge is 2.22. The fourth-order valence-electron chi connectivity index (χ4n) is 2.08. The van der Waals surface area contributed by atoms with Crippen LogP contribution in [0.1, 0.15) is 19.9 Å². The molecule has 1 heterocycles. The van der Waals surface area contributed by atoms with Crippen molar-refractivity contribution in [2.45, 2.75) is 30.3 Å². The van der Waals surface area contributed by atoms with Gasteiger partial charge in [-0.3, -0.25) is 9.36 Å². The third-order valence-electron chi connectivity index (χ3n) is 3.23. The first-order valence-corrected chi connectivity index (χ1v) is 8.11. The summed E-state index contributed by atoms with van der Waals surface area (Å²) in [6.07, 6.45) is 0.704.